The van der Waals surface area contributed by atoms with Crippen LogP contribution in [-0.4, -0.2) is 9.97 Å². The lowest BCUT2D eigenvalue weighted by atomic mass is 10.1. The number of hydrogen-bond acceptors (Lipinski definition) is 4. The fourth-order valence-electron chi connectivity index (χ4n) is 2.02. The number of imidazole rings is 1. The summed E-state index contributed by atoms with van der Waals surface area (Å²) in [4.78, 5) is 8.67. The van der Waals surface area contributed by atoms with E-state index in [2.05, 4.69) is 16.0 Å². The van der Waals surface area contributed by atoms with Gasteiger partial charge in [-0.1, -0.05) is 23.9 Å². The molecule has 20 heavy (non-hydrogen) atoms. The molecule has 0 spiro atoms. The van der Waals surface area contributed by atoms with Gasteiger partial charge in [-0.25, -0.2) is 4.98 Å². The summed E-state index contributed by atoms with van der Waals surface area (Å²) >= 11 is 1.47. The SMILES string of the molecule is Cc1cccc(C#N)c1Sc1nc2ccc(N)cc2[nH]1. The standard InChI is InChI=1S/C15H12N4S/c1-9-3-2-4-10(8-16)14(9)20-15-18-12-6-5-11(17)7-13(12)19-15/h2-7H,17H2,1H3,(H,18,19). The van der Waals surface area contributed by atoms with Crippen molar-refractivity contribution in [2.45, 2.75) is 17.0 Å². The summed E-state index contributed by atoms with van der Waals surface area (Å²) in [5, 5.41) is 9.95. The quantitative estimate of drug-likeness (QED) is 0.704. The first-order chi connectivity index (χ1) is 9.67. The van der Waals surface area contributed by atoms with Gasteiger partial charge in [-0.3, -0.25) is 0 Å². The lowest BCUT2D eigenvalue weighted by Gasteiger charge is -2.04. The molecular weight excluding hydrogens is 268 g/mol. The molecule has 2 aromatic carbocycles. The normalized spacial score (nSPS) is 10.6. The van der Waals surface area contributed by atoms with E-state index in [1.54, 1.807) is 0 Å². The first kappa shape index (κ1) is 12.6. The van der Waals surface area contributed by atoms with Crippen LogP contribution in [0.5, 0.6) is 0 Å². The number of nitriles is 1. The van der Waals surface area contributed by atoms with Crippen LogP contribution in [-0.2, 0) is 0 Å². The van der Waals surface area contributed by atoms with Crippen LogP contribution in [0, 0.1) is 18.3 Å². The Morgan fingerprint density at radius 2 is 2.15 bits per heavy atom. The van der Waals surface area contributed by atoms with Gasteiger partial charge < -0.3 is 10.7 Å². The molecule has 0 saturated carbocycles. The molecule has 4 nitrogen and oxygen atoms in total. The first-order valence-electron chi connectivity index (χ1n) is 6.10. The number of nitrogens with zero attached hydrogens (tertiary/aromatic N) is 2. The van der Waals surface area contributed by atoms with E-state index < -0.39 is 0 Å². The maximum Gasteiger partial charge on any atom is 0.171 e. The topological polar surface area (TPSA) is 78.5 Å². The van der Waals surface area contributed by atoms with Crippen LogP contribution in [0.25, 0.3) is 11.0 Å². The minimum Gasteiger partial charge on any atom is -0.399 e. The largest absolute Gasteiger partial charge is 0.399 e. The third kappa shape index (κ3) is 2.22. The zero-order valence-corrected chi connectivity index (χ0v) is 11.7. The highest BCUT2D eigenvalue weighted by molar-refractivity contribution is 7.99. The second-order valence-corrected chi connectivity index (χ2v) is 5.48. The third-order valence-electron chi connectivity index (χ3n) is 3.02. The van der Waals surface area contributed by atoms with E-state index in [9.17, 15) is 5.26 Å². The summed E-state index contributed by atoms with van der Waals surface area (Å²) in [6.45, 7) is 1.99. The van der Waals surface area contributed by atoms with Crippen molar-refractivity contribution in [2.75, 3.05) is 5.73 Å². The Morgan fingerprint density at radius 1 is 1.30 bits per heavy atom. The molecule has 5 heteroatoms. The number of nitrogens with two attached hydrogens (primary N) is 1. The number of nitrogen functional groups attached to an aromatic ring is 1. The Bertz CT molecular complexity index is 829. The molecule has 3 rings (SSSR count). The van der Waals surface area contributed by atoms with E-state index in [1.807, 2.05) is 43.3 Å². The second kappa shape index (κ2) is 4.91. The van der Waals surface area contributed by atoms with E-state index in [0.717, 1.165) is 26.6 Å². The number of rotatable bonds is 2. The minimum atomic E-state index is 0.662. The van der Waals surface area contributed by atoms with Gasteiger partial charge in [-0.2, -0.15) is 5.26 Å². The Kier molecular flexibility index (Phi) is 3.09. The predicted octanol–water partition coefficient (Wildman–Crippen LogP) is 3.48. The van der Waals surface area contributed by atoms with Gasteiger partial charge in [0.25, 0.3) is 0 Å². The van der Waals surface area contributed by atoms with Gasteiger partial charge in [0.2, 0.25) is 0 Å². The fourth-order valence-corrected chi connectivity index (χ4v) is 2.98. The zero-order chi connectivity index (χ0) is 14.1. The monoisotopic (exact) mass is 280 g/mol. The molecule has 0 unspecified atom stereocenters. The van der Waals surface area contributed by atoms with Crippen LogP contribution < -0.4 is 5.73 Å². The average Bonchev–Trinajstić information content (AvgIpc) is 2.82. The van der Waals surface area contributed by atoms with E-state index in [4.69, 9.17) is 5.73 Å². The van der Waals surface area contributed by atoms with E-state index in [1.165, 1.54) is 11.8 Å². The number of hydrogen-bond donors (Lipinski definition) is 2. The van der Waals surface area contributed by atoms with Gasteiger partial charge in [0.1, 0.15) is 6.07 Å². The molecule has 3 N–H and O–H groups in total. The van der Waals surface area contributed by atoms with Crippen molar-refractivity contribution in [2.24, 2.45) is 0 Å². The molecular formula is C15H12N4S. The van der Waals surface area contributed by atoms with Crippen molar-refractivity contribution in [1.29, 1.82) is 5.26 Å². The van der Waals surface area contributed by atoms with Crippen molar-refractivity contribution >= 4 is 28.5 Å². The lowest BCUT2D eigenvalue weighted by molar-refractivity contribution is 1.07. The van der Waals surface area contributed by atoms with Crippen molar-refractivity contribution in [3.05, 3.63) is 47.5 Å². The van der Waals surface area contributed by atoms with Crippen LogP contribution in [0.1, 0.15) is 11.1 Å². The lowest BCUT2D eigenvalue weighted by Crippen LogP contribution is -1.86. The molecule has 0 aliphatic heterocycles. The molecule has 0 aliphatic carbocycles. The van der Waals surface area contributed by atoms with Gasteiger partial charge in [0.05, 0.1) is 16.6 Å². The molecule has 0 amide bonds. The van der Waals surface area contributed by atoms with Gasteiger partial charge in [0, 0.05) is 10.6 Å². The smallest absolute Gasteiger partial charge is 0.171 e. The molecule has 0 saturated heterocycles. The van der Waals surface area contributed by atoms with Crippen LogP contribution in [0.15, 0.2) is 46.5 Å². The van der Waals surface area contributed by atoms with Crippen LogP contribution >= 0.6 is 11.8 Å². The van der Waals surface area contributed by atoms with Gasteiger partial charge >= 0.3 is 0 Å². The van der Waals surface area contributed by atoms with Crippen molar-refractivity contribution in [1.82, 2.24) is 9.97 Å². The molecule has 0 aliphatic rings. The van der Waals surface area contributed by atoms with Crippen molar-refractivity contribution in [3.8, 4) is 6.07 Å². The zero-order valence-electron chi connectivity index (χ0n) is 10.8. The third-order valence-corrected chi connectivity index (χ3v) is 4.15. The van der Waals surface area contributed by atoms with Crippen LogP contribution in [0.4, 0.5) is 5.69 Å². The molecule has 0 atom stereocenters. The number of aryl methyl sites for hydroxylation is 1. The number of H-pyrrole nitrogens is 1. The molecule has 0 radical (unpaired) electrons. The van der Waals surface area contributed by atoms with Gasteiger partial charge in [0.15, 0.2) is 5.16 Å². The summed E-state index contributed by atoms with van der Waals surface area (Å²) in [5.74, 6) is 0. The van der Waals surface area contributed by atoms with Crippen LogP contribution in [0.2, 0.25) is 0 Å². The summed E-state index contributed by atoms with van der Waals surface area (Å²) in [6, 6.07) is 13.5. The first-order valence-corrected chi connectivity index (χ1v) is 6.92. The van der Waals surface area contributed by atoms with Crippen LogP contribution in [0.3, 0.4) is 0 Å². The fraction of sp³-hybridized carbons (Fsp3) is 0.0667. The molecule has 0 bridgehead atoms. The molecule has 1 heterocycles. The second-order valence-electron chi connectivity index (χ2n) is 4.48. The molecule has 3 aromatic rings. The minimum absolute atomic E-state index is 0.662. The number of anilines is 1. The number of aromatic amines is 1. The number of nitrogens with one attached hydrogen (secondary N) is 1. The Morgan fingerprint density at radius 3 is 2.95 bits per heavy atom. The van der Waals surface area contributed by atoms with Crippen molar-refractivity contribution in [3.63, 3.8) is 0 Å². The Balaban J connectivity index is 2.04. The highest BCUT2D eigenvalue weighted by Crippen LogP contribution is 2.32. The maximum atomic E-state index is 9.19. The van der Waals surface area contributed by atoms with Gasteiger partial charge in [-0.15, -0.1) is 0 Å². The number of aromatic nitrogens is 2. The molecule has 98 valence electrons. The molecule has 0 fully saturated rings. The highest BCUT2D eigenvalue weighted by Gasteiger charge is 2.10. The van der Waals surface area contributed by atoms with Crippen molar-refractivity contribution < 1.29 is 0 Å². The van der Waals surface area contributed by atoms with E-state index in [-0.39, 0.29) is 0 Å². The van der Waals surface area contributed by atoms with E-state index >= 15 is 0 Å². The summed E-state index contributed by atoms with van der Waals surface area (Å²) < 4.78 is 0. The number of fused-ring (bicyclic) bond motifs is 1. The summed E-state index contributed by atoms with van der Waals surface area (Å²) in [6.07, 6.45) is 0. The Hall–Kier alpha value is -2.45. The maximum absolute atomic E-state index is 9.19. The predicted molar refractivity (Wildman–Crippen MR) is 80.5 cm³/mol. The Labute approximate surface area is 120 Å². The highest BCUT2D eigenvalue weighted by atomic mass is 32.2. The summed E-state index contributed by atoms with van der Waals surface area (Å²) in [7, 11) is 0. The summed E-state index contributed by atoms with van der Waals surface area (Å²) in [5.41, 5.74) is 9.96. The van der Waals surface area contributed by atoms with Gasteiger partial charge in [-0.05, 0) is 36.8 Å². The average molecular weight is 280 g/mol. The molecule has 1 aromatic heterocycles. The van der Waals surface area contributed by atoms with E-state index in [0.29, 0.717) is 11.3 Å². The number of benzene rings is 2.